The van der Waals surface area contributed by atoms with Gasteiger partial charge in [-0.15, -0.1) is 0 Å². The van der Waals surface area contributed by atoms with Crippen LogP contribution < -0.4 is 5.73 Å². The summed E-state index contributed by atoms with van der Waals surface area (Å²) in [6, 6.07) is 4.70. The molecular formula is C15H23FN2O. The fourth-order valence-electron chi connectivity index (χ4n) is 2.64. The second-order valence-corrected chi connectivity index (χ2v) is 5.30. The molecule has 3 nitrogen and oxygen atoms in total. The fraction of sp³-hybridized carbons (Fsp3) is 0.600. The summed E-state index contributed by atoms with van der Waals surface area (Å²) in [6.07, 6.45) is 1.07. The first-order chi connectivity index (χ1) is 9.10. The Bertz CT molecular complexity index is 402. The topological polar surface area (TPSA) is 38.5 Å². The van der Waals surface area contributed by atoms with Gasteiger partial charge in [-0.05, 0) is 43.1 Å². The average Bonchev–Trinajstić information content (AvgIpc) is 2.37. The van der Waals surface area contributed by atoms with Gasteiger partial charge in [0.05, 0.1) is 18.8 Å². The lowest BCUT2D eigenvalue weighted by Crippen LogP contribution is -2.47. The molecule has 2 rings (SSSR count). The third-order valence-corrected chi connectivity index (χ3v) is 3.57. The lowest BCUT2D eigenvalue weighted by molar-refractivity contribution is -0.0408. The lowest BCUT2D eigenvalue weighted by Gasteiger charge is -2.35. The van der Waals surface area contributed by atoms with Gasteiger partial charge in [-0.25, -0.2) is 4.39 Å². The number of aryl methyl sites for hydroxylation is 1. The van der Waals surface area contributed by atoms with E-state index in [1.165, 1.54) is 12.1 Å². The fourth-order valence-corrected chi connectivity index (χ4v) is 2.64. The number of rotatable bonds is 4. The van der Waals surface area contributed by atoms with E-state index in [2.05, 4.69) is 11.8 Å². The number of nitrogens with zero attached hydrogens (tertiary/aromatic N) is 1. The molecule has 0 aliphatic carbocycles. The summed E-state index contributed by atoms with van der Waals surface area (Å²) < 4.78 is 19.2. The van der Waals surface area contributed by atoms with E-state index in [0.717, 1.165) is 37.2 Å². The zero-order chi connectivity index (χ0) is 13.8. The van der Waals surface area contributed by atoms with Gasteiger partial charge >= 0.3 is 0 Å². The molecule has 0 spiro atoms. The molecule has 2 unspecified atom stereocenters. The molecule has 0 radical (unpaired) electrons. The van der Waals surface area contributed by atoms with Gasteiger partial charge in [0, 0.05) is 13.1 Å². The molecule has 1 aliphatic rings. The molecular weight excluding hydrogens is 243 g/mol. The number of halogens is 1. The molecule has 1 aromatic rings. The summed E-state index contributed by atoms with van der Waals surface area (Å²) in [5, 5.41) is 0. The van der Waals surface area contributed by atoms with Crippen LogP contribution in [0.1, 0.15) is 30.5 Å². The smallest absolute Gasteiger partial charge is 0.123 e. The number of hydrogen-bond donors (Lipinski definition) is 1. The summed E-state index contributed by atoms with van der Waals surface area (Å²) >= 11 is 0. The van der Waals surface area contributed by atoms with Crippen LogP contribution in [0.15, 0.2) is 18.2 Å². The van der Waals surface area contributed by atoms with Gasteiger partial charge in [0.25, 0.3) is 0 Å². The molecule has 1 aliphatic heterocycles. The minimum absolute atomic E-state index is 0.0542. The van der Waals surface area contributed by atoms with Gasteiger partial charge in [0.1, 0.15) is 5.82 Å². The minimum atomic E-state index is -0.269. The van der Waals surface area contributed by atoms with E-state index < -0.39 is 0 Å². The number of benzene rings is 1. The van der Waals surface area contributed by atoms with Gasteiger partial charge in [-0.1, -0.05) is 13.0 Å². The van der Waals surface area contributed by atoms with E-state index >= 15 is 0 Å². The molecule has 106 valence electrons. The highest BCUT2D eigenvalue weighted by Crippen LogP contribution is 2.22. The second-order valence-electron chi connectivity index (χ2n) is 5.30. The molecule has 1 aromatic carbocycles. The van der Waals surface area contributed by atoms with E-state index in [9.17, 15) is 4.39 Å². The normalized spacial score (nSPS) is 22.4. The van der Waals surface area contributed by atoms with Gasteiger partial charge in [0.15, 0.2) is 0 Å². The molecule has 0 amide bonds. The number of nitrogens with two attached hydrogens (primary N) is 1. The number of morpholine rings is 1. The van der Waals surface area contributed by atoms with E-state index in [4.69, 9.17) is 10.5 Å². The molecule has 1 heterocycles. The Morgan fingerprint density at radius 3 is 2.95 bits per heavy atom. The highest BCUT2D eigenvalue weighted by Gasteiger charge is 2.26. The molecule has 0 aromatic heterocycles. The predicted molar refractivity (Wildman–Crippen MR) is 74.5 cm³/mol. The van der Waals surface area contributed by atoms with Crippen LogP contribution in [0, 0.1) is 12.7 Å². The van der Waals surface area contributed by atoms with Crippen LogP contribution >= 0.6 is 0 Å². The van der Waals surface area contributed by atoms with Crippen LogP contribution in [-0.4, -0.2) is 37.2 Å². The van der Waals surface area contributed by atoms with Crippen molar-refractivity contribution < 1.29 is 9.13 Å². The van der Waals surface area contributed by atoms with E-state index in [0.29, 0.717) is 6.61 Å². The van der Waals surface area contributed by atoms with Crippen molar-refractivity contribution in [1.29, 1.82) is 0 Å². The number of hydrogen-bond acceptors (Lipinski definition) is 3. The predicted octanol–water partition coefficient (Wildman–Crippen LogP) is 2.24. The highest BCUT2D eigenvalue weighted by atomic mass is 19.1. The van der Waals surface area contributed by atoms with Crippen molar-refractivity contribution >= 4 is 0 Å². The summed E-state index contributed by atoms with van der Waals surface area (Å²) in [5.74, 6) is -0.230. The SMILES string of the molecule is CCCN1CCOC(C(N)c2cc(C)cc(F)c2)C1. The number of ether oxygens (including phenoxy) is 1. The zero-order valence-electron chi connectivity index (χ0n) is 11.7. The van der Waals surface area contributed by atoms with Gasteiger partial charge in [0.2, 0.25) is 0 Å². The van der Waals surface area contributed by atoms with E-state index in [1.807, 2.05) is 13.0 Å². The summed E-state index contributed by atoms with van der Waals surface area (Å²) in [6.45, 7) is 7.59. The van der Waals surface area contributed by atoms with Crippen LogP contribution in [-0.2, 0) is 4.74 Å². The maximum Gasteiger partial charge on any atom is 0.123 e. The minimum Gasteiger partial charge on any atom is -0.374 e. The van der Waals surface area contributed by atoms with Crippen LogP contribution in [0.2, 0.25) is 0 Å². The Morgan fingerprint density at radius 2 is 2.26 bits per heavy atom. The molecule has 1 fully saturated rings. The van der Waals surface area contributed by atoms with Gasteiger partial charge < -0.3 is 10.5 Å². The van der Waals surface area contributed by atoms with Crippen molar-refractivity contribution in [2.45, 2.75) is 32.4 Å². The van der Waals surface area contributed by atoms with Crippen molar-refractivity contribution in [3.05, 3.63) is 35.1 Å². The molecule has 1 saturated heterocycles. The standard InChI is InChI=1S/C15H23FN2O/c1-3-4-18-5-6-19-14(10-18)15(17)12-7-11(2)8-13(16)9-12/h7-9,14-15H,3-6,10,17H2,1-2H3. The molecule has 0 saturated carbocycles. The zero-order valence-corrected chi connectivity index (χ0v) is 11.7. The third kappa shape index (κ3) is 3.75. The molecule has 2 atom stereocenters. The maximum atomic E-state index is 13.4. The molecule has 4 heteroatoms. The van der Waals surface area contributed by atoms with Gasteiger partial charge in [-0.2, -0.15) is 0 Å². The average molecular weight is 266 g/mol. The summed E-state index contributed by atoms with van der Waals surface area (Å²) in [7, 11) is 0. The summed E-state index contributed by atoms with van der Waals surface area (Å²) in [5.41, 5.74) is 7.96. The van der Waals surface area contributed by atoms with E-state index in [-0.39, 0.29) is 18.0 Å². The highest BCUT2D eigenvalue weighted by molar-refractivity contribution is 5.27. The maximum absolute atomic E-state index is 13.4. The van der Waals surface area contributed by atoms with Crippen molar-refractivity contribution in [3.63, 3.8) is 0 Å². The Morgan fingerprint density at radius 1 is 1.47 bits per heavy atom. The Labute approximate surface area is 114 Å². The molecule has 2 N–H and O–H groups in total. The Kier molecular flexibility index (Phi) is 4.91. The Balaban J connectivity index is 2.07. The summed E-state index contributed by atoms with van der Waals surface area (Å²) in [4.78, 5) is 2.36. The van der Waals surface area contributed by atoms with Crippen molar-refractivity contribution in [3.8, 4) is 0 Å². The van der Waals surface area contributed by atoms with Crippen molar-refractivity contribution in [1.82, 2.24) is 4.90 Å². The molecule has 0 bridgehead atoms. The first kappa shape index (κ1) is 14.4. The van der Waals surface area contributed by atoms with Crippen LogP contribution in [0.3, 0.4) is 0 Å². The van der Waals surface area contributed by atoms with Gasteiger partial charge in [-0.3, -0.25) is 4.90 Å². The van der Waals surface area contributed by atoms with E-state index in [1.54, 1.807) is 0 Å². The first-order valence-corrected chi connectivity index (χ1v) is 6.96. The van der Waals surface area contributed by atoms with Crippen molar-refractivity contribution in [2.75, 3.05) is 26.2 Å². The molecule has 19 heavy (non-hydrogen) atoms. The third-order valence-electron chi connectivity index (χ3n) is 3.57. The quantitative estimate of drug-likeness (QED) is 0.908. The Hall–Kier alpha value is -0.970. The van der Waals surface area contributed by atoms with Crippen LogP contribution in [0.25, 0.3) is 0 Å². The van der Waals surface area contributed by atoms with Crippen LogP contribution in [0.5, 0.6) is 0 Å². The van der Waals surface area contributed by atoms with Crippen molar-refractivity contribution in [2.24, 2.45) is 5.73 Å². The first-order valence-electron chi connectivity index (χ1n) is 6.96. The van der Waals surface area contributed by atoms with Crippen LogP contribution in [0.4, 0.5) is 4.39 Å². The largest absolute Gasteiger partial charge is 0.374 e. The second kappa shape index (κ2) is 6.46. The lowest BCUT2D eigenvalue weighted by atomic mass is 9.99. The monoisotopic (exact) mass is 266 g/mol.